The SMILES string of the molecule is CN(Cc1nccc(N)n1)[C@H]1CCN(C(=O)[C@@H]2COc3ccccc3O2)C1. The third-order valence-electron chi connectivity index (χ3n) is 5.00. The maximum Gasteiger partial charge on any atom is 0.267 e. The molecule has 0 unspecified atom stereocenters. The molecule has 0 aliphatic carbocycles. The molecule has 142 valence electrons. The molecule has 2 aliphatic rings. The summed E-state index contributed by atoms with van der Waals surface area (Å²) in [6, 6.07) is 9.33. The van der Waals surface area contributed by atoms with Gasteiger partial charge in [0.25, 0.3) is 5.91 Å². The van der Waals surface area contributed by atoms with Crippen LogP contribution >= 0.6 is 0 Å². The number of amides is 1. The number of rotatable bonds is 4. The van der Waals surface area contributed by atoms with E-state index < -0.39 is 6.10 Å². The van der Waals surface area contributed by atoms with Crippen molar-refractivity contribution in [3.05, 3.63) is 42.4 Å². The lowest BCUT2D eigenvalue weighted by Gasteiger charge is -2.29. The third-order valence-corrected chi connectivity index (χ3v) is 5.00. The molecule has 0 bridgehead atoms. The van der Waals surface area contributed by atoms with Gasteiger partial charge in [-0.1, -0.05) is 12.1 Å². The lowest BCUT2D eigenvalue weighted by atomic mass is 10.2. The molecule has 2 aliphatic heterocycles. The second kappa shape index (κ2) is 7.40. The fourth-order valence-corrected chi connectivity index (χ4v) is 3.49. The van der Waals surface area contributed by atoms with Crippen LogP contribution in [0.2, 0.25) is 0 Å². The monoisotopic (exact) mass is 369 g/mol. The first-order chi connectivity index (χ1) is 13.1. The number of nitrogens with two attached hydrogens (primary N) is 1. The number of likely N-dealkylation sites (tertiary alicyclic amines) is 1. The fourth-order valence-electron chi connectivity index (χ4n) is 3.49. The summed E-state index contributed by atoms with van der Waals surface area (Å²) in [6.07, 6.45) is 1.96. The summed E-state index contributed by atoms with van der Waals surface area (Å²) in [5.74, 6) is 2.42. The molecular weight excluding hydrogens is 346 g/mol. The van der Waals surface area contributed by atoms with Gasteiger partial charge in [-0.05, 0) is 31.7 Å². The first-order valence-corrected chi connectivity index (χ1v) is 9.05. The molecule has 2 N–H and O–H groups in total. The second-order valence-electron chi connectivity index (χ2n) is 6.90. The smallest absolute Gasteiger partial charge is 0.267 e. The van der Waals surface area contributed by atoms with E-state index in [1.165, 1.54) is 0 Å². The van der Waals surface area contributed by atoms with E-state index in [1.807, 2.05) is 36.2 Å². The number of anilines is 1. The number of hydrogen-bond acceptors (Lipinski definition) is 7. The zero-order chi connectivity index (χ0) is 18.8. The Kier molecular flexibility index (Phi) is 4.81. The van der Waals surface area contributed by atoms with Gasteiger partial charge in [-0.25, -0.2) is 9.97 Å². The molecule has 1 amide bonds. The number of likely N-dealkylation sites (N-methyl/N-ethyl adjacent to an activating group) is 1. The molecule has 2 aromatic rings. The van der Waals surface area contributed by atoms with Crippen LogP contribution < -0.4 is 15.2 Å². The van der Waals surface area contributed by atoms with Crippen LogP contribution in [-0.2, 0) is 11.3 Å². The maximum atomic E-state index is 12.8. The summed E-state index contributed by atoms with van der Waals surface area (Å²) in [7, 11) is 2.02. The highest BCUT2D eigenvalue weighted by molar-refractivity contribution is 5.82. The van der Waals surface area contributed by atoms with Crippen LogP contribution in [0.1, 0.15) is 12.2 Å². The Morgan fingerprint density at radius 2 is 2.15 bits per heavy atom. The first-order valence-electron chi connectivity index (χ1n) is 9.05. The quantitative estimate of drug-likeness (QED) is 0.857. The number of aromatic nitrogens is 2. The number of benzene rings is 1. The molecule has 0 saturated carbocycles. The van der Waals surface area contributed by atoms with Gasteiger partial charge in [-0.3, -0.25) is 9.69 Å². The van der Waals surface area contributed by atoms with Crippen molar-refractivity contribution >= 4 is 11.7 Å². The van der Waals surface area contributed by atoms with E-state index in [1.54, 1.807) is 12.3 Å². The lowest BCUT2D eigenvalue weighted by Crippen LogP contribution is -2.46. The van der Waals surface area contributed by atoms with E-state index >= 15 is 0 Å². The Hall–Kier alpha value is -2.87. The summed E-state index contributed by atoms with van der Waals surface area (Å²) in [4.78, 5) is 25.3. The number of nitrogen functional groups attached to an aromatic ring is 1. The zero-order valence-corrected chi connectivity index (χ0v) is 15.2. The number of ether oxygens (including phenoxy) is 2. The van der Waals surface area contributed by atoms with Crippen molar-refractivity contribution in [3.63, 3.8) is 0 Å². The number of carbonyl (C=O) groups is 1. The zero-order valence-electron chi connectivity index (χ0n) is 15.2. The Morgan fingerprint density at radius 3 is 2.96 bits per heavy atom. The Balaban J connectivity index is 1.34. The second-order valence-corrected chi connectivity index (χ2v) is 6.90. The molecule has 3 heterocycles. The van der Waals surface area contributed by atoms with Crippen molar-refractivity contribution < 1.29 is 14.3 Å². The predicted molar refractivity (Wildman–Crippen MR) is 99.2 cm³/mol. The summed E-state index contributed by atoms with van der Waals surface area (Å²) in [5, 5.41) is 0. The highest BCUT2D eigenvalue weighted by Gasteiger charge is 2.36. The van der Waals surface area contributed by atoms with E-state index in [4.69, 9.17) is 15.2 Å². The number of para-hydroxylation sites is 2. The van der Waals surface area contributed by atoms with Gasteiger partial charge in [0.05, 0.1) is 6.54 Å². The Morgan fingerprint density at radius 1 is 1.33 bits per heavy atom. The molecule has 1 aromatic carbocycles. The first kappa shape index (κ1) is 17.5. The minimum absolute atomic E-state index is 0.0272. The molecule has 8 heteroatoms. The summed E-state index contributed by atoms with van der Waals surface area (Å²) < 4.78 is 11.5. The van der Waals surface area contributed by atoms with Gasteiger partial charge in [0, 0.05) is 25.3 Å². The Labute approximate surface area is 157 Å². The molecule has 0 radical (unpaired) electrons. The average molecular weight is 369 g/mol. The third kappa shape index (κ3) is 3.80. The van der Waals surface area contributed by atoms with Crippen LogP contribution in [0.3, 0.4) is 0 Å². The molecule has 2 atom stereocenters. The van der Waals surface area contributed by atoms with Gasteiger partial charge in [0.2, 0.25) is 6.10 Å². The molecular formula is C19H23N5O3. The van der Waals surface area contributed by atoms with Gasteiger partial charge in [0.15, 0.2) is 11.5 Å². The normalized spacial score (nSPS) is 21.5. The Bertz CT molecular complexity index is 830. The summed E-state index contributed by atoms with van der Waals surface area (Å²) in [5.41, 5.74) is 5.72. The van der Waals surface area contributed by atoms with Gasteiger partial charge in [-0.15, -0.1) is 0 Å². The van der Waals surface area contributed by atoms with Crippen molar-refractivity contribution in [2.75, 3.05) is 32.5 Å². The lowest BCUT2D eigenvalue weighted by molar-refractivity contribution is -0.140. The standard InChI is InChI=1S/C19H23N5O3/c1-23(11-18-21-8-6-17(20)22-18)13-7-9-24(10-13)19(25)16-12-26-14-4-2-3-5-15(14)27-16/h2-6,8,13,16H,7,9-12H2,1H3,(H2,20,21,22)/t13-,16-/m0/s1. The maximum absolute atomic E-state index is 12.8. The fraction of sp³-hybridized carbons (Fsp3) is 0.421. The molecule has 1 saturated heterocycles. The number of hydrogen-bond donors (Lipinski definition) is 1. The highest BCUT2D eigenvalue weighted by Crippen LogP contribution is 2.31. The van der Waals surface area contributed by atoms with Gasteiger partial charge in [0.1, 0.15) is 18.2 Å². The van der Waals surface area contributed by atoms with E-state index in [9.17, 15) is 4.79 Å². The van der Waals surface area contributed by atoms with Crippen LogP contribution in [0.4, 0.5) is 5.82 Å². The van der Waals surface area contributed by atoms with Crippen molar-refractivity contribution in [3.8, 4) is 11.5 Å². The average Bonchev–Trinajstić information content (AvgIpc) is 3.17. The molecule has 8 nitrogen and oxygen atoms in total. The summed E-state index contributed by atoms with van der Waals surface area (Å²) >= 11 is 0. The minimum Gasteiger partial charge on any atom is -0.485 e. The van der Waals surface area contributed by atoms with E-state index in [0.29, 0.717) is 42.8 Å². The number of fused-ring (bicyclic) bond motifs is 1. The number of nitrogens with zero attached hydrogens (tertiary/aromatic N) is 4. The van der Waals surface area contributed by atoms with Crippen LogP contribution in [0.5, 0.6) is 11.5 Å². The van der Waals surface area contributed by atoms with Crippen LogP contribution in [0, 0.1) is 0 Å². The van der Waals surface area contributed by atoms with Gasteiger partial charge in [-0.2, -0.15) is 0 Å². The van der Waals surface area contributed by atoms with Crippen LogP contribution in [0.25, 0.3) is 0 Å². The van der Waals surface area contributed by atoms with Crippen molar-refractivity contribution in [2.45, 2.75) is 25.1 Å². The minimum atomic E-state index is -0.596. The van der Waals surface area contributed by atoms with Gasteiger partial charge < -0.3 is 20.1 Å². The van der Waals surface area contributed by atoms with Crippen LogP contribution in [-0.4, -0.2) is 64.6 Å². The molecule has 4 rings (SSSR count). The molecule has 1 aromatic heterocycles. The van der Waals surface area contributed by atoms with E-state index in [-0.39, 0.29) is 18.6 Å². The highest BCUT2D eigenvalue weighted by atomic mass is 16.6. The van der Waals surface area contributed by atoms with E-state index in [2.05, 4.69) is 14.9 Å². The number of carbonyl (C=O) groups excluding carboxylic acids is 1. The van der Waals surface area contributed by atoms with Crippen molar-refractivity contribution in [2.24, 2.45) is 0 Å². The molecule has 1 fully saturated rings. The van der Waals surface area contributed by atoms with Crippen LogP contribution in [0.15, 0.2) is 36.5 Å². The van der Waals surface area contributed by atoms with Gasteiger partial charge >= 0.3 is 0 Å². The largest absolute Gasteiger partial charge is 0.485 e. The molecule has 27 heavy (non-hydrogen) atoms. The van der Waals surface area contributed by atoms with Crippen molar-refractivity contribution in [1.82, 2.24) is 19.8 Å². The molecule has 0 spiro atoms. The topological polar surface area (TPSA) is 93.8 Å². The summed E-state index contributed by atoms with van der Waals surface area (Å²) in [6.45, 7) is 2.18. The van der Waals surface area contributed by atoms with Crippen molar-refractivity contribution in [1.29, 1.82) is 0 Å². The predicted octanol–water partition coefficient (Wildman–Crippen LogP) is 0.931. The van der Waals surface area contributed by atoms with E-state index in [0.717, 1.165) is 6.42 Å².